The van der Waals surface area contributed by atoms with Crippen LogP contribution in [0.1, 0.15) is 6.92 Å². The third kappa shape index (κ3) is 2.14. The minimum Gasteiger partial charge on any atom is -0.480 e. The molecule has 1 unspecified atom stereocenters. The molecule has 0 aliphatic carbocycles. The van der Waals surface area contributed by atoms with Crippen LogP contribution in [0.25, 0.3) is 0 Å². The summed E-state index contributed by atoms with van der Waals surface area (Å²) in [6.07, 6.45) is -0.992. The summed E-state index contributed by atoms with van der Waals surface area (Å²) in [5.41, 5.74) is 0. The van der Waals surface area contributed by atoms with Gasteiger partial charge in [0.2, 0.25) is 0 Å². The number of rotatable bonds is 2. The van der Waals surface area contributed by atoms with Crippen molar-refractivity contribution in [3.05, 3.63) is 0 Å². The maximum atomic E-state index is 9.85. The summed E-state index contributed by atoms with van der Waals surface area (Å²) in [6.45, 7) is 1.33. The molecule has 2 atom stereocenters. The van der Waals surface area contributed by atoms with Gasteiger partial charge in [0.25, 0.3) is 0 Å². The zero-order chi connectivity index (χ0) is 6.73. The molecule has 0 aromatic carbocycles. The van der Waals surface area contributed by atoms with Crippen molar-refractivity contribution < 1.29 is 15.0 Å². The molecule has 0 aliphatic heterocycles. The lowest BCUT2D eigenvalue weighted by atomic mass is 10.3. The Hall–Kier alpha value is -0.280. The van der Waals surface area contributed by atoms with E-state index in [1.54, 1.807) is 0 Å². The van der Waals surface area contributed by atoms with E-state index in [4.69, 9.17) is 21.8 Å². The number of carboxylic acid groups (broad SMARTS) is 1. The second-order valence-corrected chi connectivity index (χ2v) is 1.95. The Morgan fingerprint density at radius 1 is 1.75 bits per heavy atom. The molecule has 2 N–H and O–H groups in total. The quantitative estimate of drug-likeness (QED) is 0.531. The minimum atomic E-state index is -1.19. The first-order valence-corrected chi connectivity index (χ1v) is 2.54. The van der Waals surface area contributed by atoms with Crippen LogP contribution in [0, 0.1) is 0 Å². The molecule has 0 aliphatic rings. The van der Waals surface area contributed by atoms with Gasteiger partial charge in [-0.3, -0.25) is 4.79 Å². The van der Waals surface area contributed by atoms with Crippen LogP contribution in [-0.2, 0) is 4.79 Å². The lowest BCUT2D eigenvalue weighted by Crippen LogP contribution is -2.25. The second-order valence-electron chi connectivity index (χ2n) is 1.48. The monoisotopic (exact) mass is 138 g/mol. The number of hydrogen-bond donors (Lipinski definition) is 2. The highest BCUT2D eigenvalue weighted by atomic mass is 35.5. The number of carbonyl (C=O) groups is 1. The highest BCUT2D eigenvalue weighted by Crippen LogP contribution is 2.00. The normalized spacial score (nSPS) is 17.4. The summed E-state index contributed by atoms with van der Waals surface area (Å²) in [5.74, 6) is -1.19. The van der Waals surface area contributed by atoms with Gasteiger partial charge in [-0.1, -0.05) is 0 Å². The molecule has 48 valence electrons. The van der Waals surface area contributed by atoms with Crippen molar-refractivity contribution in [3.63, 3.8) is 0 Å². The molecular weight excluding hydrogens is 131 g/mol. The zero-order valence-corrected chi connectivity index (χ0v) is 5.09. The Balaban J connectivity index is 3.64. The van der Waals surface area contributed by atoms with Crippen molar-refractivity contribution in [3.8, 4) is 0 Å². The number of halogens is 1. The van der Waals surface area contributed by atoms with Gasteiger partial charge < -0.3 is 10.2 Å². The van der Waals surface area contributed by atoms with Crippen molar-refractivity contribution in [2.24, 2.45) is 0 Å². The molecule has 0 amide bonds. The Morgan fingerprint density at radius 3 is 2.12 bits per heavy atom. The predicted molar refractivity (Wildman–Crippen MR) is 29.0 cm³/mol. The van der Waals surface area contributed by atoms with Crippen LogP contribution >= 0.6 is 11.6 Å². The maximum Gasteiger partial charge on any atom is 0.324 e. The first kappa shape index (κ1) is 7.72. The molecule has 0 bridgehead atoms. The molecule has 0 aromatic rings. The van der Waals surface area contributed by atoms with Crippen LogP contribution in [-0.4, -0.2) is 27.7 Å². The van der Waals surface area contributed by atoms with Crippen molar-refractivity contribution in [1.29, 1.82) is 0 Å². The van der Waals surface area contributed by atoms with Gasteiger partial charge in [0, 0.05) is 0 Å². The highest BCUT2D eigenvalue weighted by molar-refractivity contribution is 6.30. The van der Waals surface area contributed by atoms with Crippen LogP contribution in [0.5, 0.6) is 0 Å². The van der Waals surface area contributed by atoms with Crippen molar-refractivity contribution in [1.82, 2.24) is 0 Å². The second kappa shape index (κ2) is 2.89. The Bertz CT molecular complexity index is 91.3. The fraction of sp³-hybridized carbons (Fsp3) is 0.750. The average molecular weight is 139 g/mol. The Labute approximate surface area is 51.9 Å². The topological polar surface area (TPSA) is 57.5 Å². The third-order valence-corrected chi connectivity index (χ3v) is 1.21. The lowest BCUT2D eigenvalue weighted by molar-refractivity contribution is -0.138. The predicted octanol–water partition coefficient (Wildman–Crippen LogP) is 0.0592. The lowest BCUT2D eigenvalue weighted by Gasteiger charge is -2.04. The molecule has 8 heavy (non-hydrogen) atoms. The summed E-state index contributed by atoms with van der Waals surface area (Å²) in [7, 11) is 0. The number of aliphatic carboxylic acids is 1. The summed E-state index contributed by atoms with van der Waals surface area (Å²) < 4.78 is 0. The van der Waals surface area contributed by atoms with Gasteiger partial charge in [-0.15, -0.1) is 11.6 Å². The summed E-state index contributed by atoms with van der Waals surface area (Å²) in [6, 6.07) is 0. The molecule has 0 rings (SSSR count). The van der Waals surface area contributed by atoms with Crippen molar-refractivity contribution in [2.75, 3.05) is 0 Å². The fourth-order valence-electron chi connectivity index (χ4n) is 0.206. The Morgan fingerprint density at radius 2 is 2.12 bits per heavy atom. The van der Waals surface area contributed by atoms with Crippen LogP contribution in [0.4, 0.5) is 0 Å². The number of aliphatic hydroxyl groups excluding tert-OH is 1. The summed E-state index contributed by atoms with van der Waals surface area (Å²) >= 11 is 5.10. The van der Waals surface area contributed by atoms with Crippen LogP contribution < -0.4 is 0 Å². The van der Waals surface area contributed by atoms with E-state index < -0.39 is 17.5 Å². The molecule has 3 nitrogen and oxygen atoms in total. The average Bonchev–Trinajstić information content (AvgIpc) is 1.64. The summed E-state index contributed by atoms with van der Waals surface area (Å²) in [5, 5.41) is 15.4. The fourth-order valence-corrected chi connectivity index (χ4v) is 0.206. The molecule has 4 heteroatoms. The summed E-state index contributed by atoms with van der Waals surface area (Å²) in [4.78, 5) is 9.85. The van der Waals surface area contributed by atoms with E-state index in [0.29, 0.717) is 0 Å². The largest absolute Gasteiger partial charge is 0.480 e. The van der Waals surface area contributed by atoms with Gasteiger partial charge in [0.1, 0.15) is 0 Å². The van der Waals surface area contributed by atoms with E-state index >= 15 is 0 Å². The molecular formula is C4H7ClO3. The molecule has 0 radical (unpaired) electrons. The molecule has 0 aromatic heterocycles. The van der Waals surface area contributed by atoms with Crippen LogP contribution in [0.2, 0.25) is 0 Å². The van der Waals surface area contributed by atoms with Gasteiger partial charge in [-0.2, -0.15) is 0 Å². The highest BCUT2D eigenvalue weighted by Gasteiger charge is 2.18. The standard InChI is InChI=1S/C4H7ClO3/c1-2(6)3(5)4(7)8/h2-3,6H,1H3,(H,7,8)/t2?,3-/m0/s1. The first-order chi connectivity index (χ1) is 3.55. The maximum absolute atomic E-state index is 9.85. The minimum absolute atomic E-state index is 0.992. The molecule has 0 spiro atoms. The number of hydrogen-bond acceptors (Lipinski definition) is 2. The molecule has 0 heterocycles. The van der Waals surface area contributed by atoms with E-state index in [1.165, 1.54) is 6.92 Å². The van der Waals surface area contributed by atoms with Gasteiger partial charge >= 0.3 is 5.97 Å². The van der Waals surface area contributed by atoms with E-state index in [1.807, 2.05) is 0 Å². The van der Waals surface area contributed by atoms with Gasteiger partial charge in [-0.25, -0.2) is 0 Å². The van der Waals surface area contributed by atoms with E-state index in [0.717, 1.165) is 0 Å². The Kier molecular flexibility index (Phi) is 2.79. The van der Waals surface area contributed by atoms with E-state index in [2.05, 4.69) is 0 Å². The van der Waals surface area contributed by atoms with Crippen LogP contribution in [0.15, 0.2) is 0 Å². The zero-order valence-electron chi connectivity index (χ0n) is 4.34. The molecule has 0 saturated carbocycles. The third-order valence-electron chi connectivity index (χ3n) is 0.659. The van der Waals surface area contributed by atoms with E-state index in [-0.39, 0.29) is 0 Å². The number of alkyl halides is 1. The van der Waals surface area contributed by atoms with Gasteiger partial charge in [0.05, 0.1) is 6.10 Å². The van der Waals surface area contributed by atoms with Crippen LogP contribution in [0.3, 0.4) is 0 Å². The van der Waals surface area contributed by atoms with E-state index in [9.17, 15) is 4.79 Å². The number of aliphatic hydroxyl groups is 1. The molecule has 0 saturated heterocycles. The van der Waals surface area contributed by atoms with Crippen molar-refractivity contribution in [2.45, 2.75) is 18.4 Å². The molecule has 0 fully saturated rings. The van der Waals surface area contributed by atoms with Gasteiger partial charge in [-0.05, 0) is 6.92 Å². The SMILES string of the molecule is CC(O)[C@H](Cl)C(=O)O. The van der Waals surface area contributed by atoms with Crippen molar-refractivity contribution >= 4 is 17.6 Å². The first-order valence-electron chi connectivity index (χ1n) is 2.10. The number of carboxylic acids is 1. The smallest absolute Gasteiger partial charge is 0.324 e. The van der Waals surface area contributed by atoms with Gasteiger partial charge in [0.15, 0.2) is 5.38 Å².